The van der Waals surface area contributed by atoms with Crippen molar-refractivity contribution in [1.82, 2.24) is 0 Å². The van der Waals surface area contributed by atoms with Crippen molar-refractivity contribution in [2.75, 3.05) is 16.2 Å². The Hall–Kier alpha value is -2.48. The zero-order valence-electron chi connectivity index (χ0n) is 13.3. The highest BCUT2D eigenvalue weighted by Crippen LogP contribution is 2.38. The van der Waals surface area contributed by atoms with Crippen molar-refractivity contribution < 1.29 is 18.4 Å². The number of hydrogen-bond acceptors (Lipinski definition) is 5. The van der Waals surface area contributed by atoms with Crippen LogP contribution < -0.4 is 9.62 Å². The Labute approximate surface area is 156 Å². The SMILES string of the molecule is O=C1C(Cl)=C(Nc2cccc3c2N(S(=O)[O-])CC3)C(=O)c2ccccc21. The number of benzene rings is 2. The summed E-state index contributed by atoms with van der Waals surface area (Å²) in [6.45, 7) is 0.326. The molecule has 0 amide bonds. The predicted octanol–water partition coefficient (Wildman–Crippen LogP) is 2.78. The maximum Gasteiger partial charge on any atom is 0.211 e. The van der Waals surface area contributed by atoms with Gasteiger partial charge in [0.25, 0.3) is 0 Å². The number of ketones is 2. The van der Waals surface area contributed by atoms with Gasteiger partial charge < -0.3 is 9.87 Å². The summed E-state index contributed by atoms with van der Waals surface area (Å²) in [6, 6.07) is 11.7. The topological polar surface area (TPSA) is 89.5 Å². The second-order valence-corrected chi connectivity index (χ2v) is 7.15. The summed E-state index contributed by atoms with van der Waals surface area (Å²) in [5.74, 6) is -0.850. The van der Waals surface area contributed by atoms with E-state index in [0.717, 1.165) is 5.56 Å². The van der Waals surface area contributed by atoms with E-state index in [9.17, 15) is 18.4 Å². The largest absolute Gasteiger partial charge is 0.755 e. The van der Waals surface area contributed by atoms with Gasteiger partial charge in [0.05, 0.1) is 11.4 Å². The number of para-hydroxylation sites is 1. The lowest BCUT2D eigenvalue weighted by Crippen LogP contribution is -2.26. The van der Waals surface area contributed by atoms with Gasteiger partial charge in [0, 0.05) is 28.9 Å². The molecule has 1 aliphatic heterocycles. The number of anilines is 2. The molecular weight excluding hydrogens is 376 g/mol. The second kappa shape index (κ2) is 6.35. The number of fused-ring (bicyclic) bond motifs is 2. The maximum atomic E-state index is 12.8. The van der Waals surface area contributed by atoms with Gasteiger partial charge in [0.2, 0.25) is 11.6 Å². The van der Waals surface area contributed by atoms with Crippen molar-refractivity contribution in [2.24, 2.45) is 0 Å². The van der Waals surface area contributed by atoms with Gasteiger partial charge in [-0.25, -0.2) is 0 Å². The molecule has 1 aliphatic carbocycles. The molecule has 0 spiro atoms. The Morgan fingerprint density at radius 2 is 1.73 bits per heavy atom. The van der Waals surface area contributed by atoms with Gasteiger partial charge in [-0.05, 0) is 18.1 Å². The van der Waals surface area contributed by atoms with Crippen LogP contribution in [0.4, 0.5) is 11.4 Å². The Kier molecular flexibility index (Phi) is 4.14. The molecule has 1 heterocycles. The maximum absolute atomic E-state index is 12.8. The average Bonchev–Trinajstić information content (AvgIpc) is 3.08. The first kappa shape index (κ1) is 17.0. The van der Waals surface area contributed by atoms with E-state index < -0.39 is 22.8 Å². The predicted molar refractivity (Wildman–Crippen MR) is 98.0 cm³/mol. The van der Waals surface area contributed by atoms with Crippen LogP contribution in [0.25, 0.3) is 0 Å². The van der Waals surface area contributed by atoms with E-state index >= 15 is 0 Å². The minimum Gasteiger partial charge on any atom is -0.755 e. The lowest BCUT2D eigenvalue weighted by atomic mass is 9.92. The van der Waals surface area contributed by atoms with E-state index in [0.29, 0.717) is 24.3 Å². The molecule has 8 heteroatoms. The molecule has 0 bridgehead atoms. The van der Waals surface area contributed by atoms with E-state index in [2.05, 4.69) is 5.32 Å². The summed E-state index contributed by atoms with van der Waals surface area (Å²) < 4.78 is 24.2. The molecular formula is C18H12ClN2O4S-. The number of rotatable bonds is 3. The van der Waals surface area contributed by atoms with Gasteiger partial charge in [0.15, 0.2) is 0 Å². The standard InChI is InChI=1S/C18H13ClN2O4S/c19-14-15(18(23)12-6-2-1-5-11(12)17(14)22)20-13-7-3-4-10-8-9-21(16(10)13)26(24)25/h1-7,20H,8-9H2,(H,24,25)/p-1. The third-order valence-electron chi connectivity index (χ3n) is 4.46. The fourth-order valence-electron chi connectivity index (χ4n) is 3.26. The molecule has 1 N–H and O–H groups in total. The van der Waals surface area contributed by atoms with E-state index in [1.54, 1.807) is 36.4 Å². The van der Waals surface area contributed by atoms with Crippen LogP contribution in [-0.4, -0.2) is 26.9 Å². The zero-order chi connectivity index (χ0) is 18.4. The van der Waals surface area contributed by atoms with Crippen molar-refractivity contribution in [3.05, 3.63) is 69.9 Å². The molecule has 0 aromatic heterocycles. The Morgan fingerprint density at radius 3 is 2.42 bits per heavy atom. The highest BCUT2D eigenvalue weighted by Gasteiger charge is 2.32. The molecule has 0 fully saturated rings. The van der Waals surface area contributed by atoms with Crippen molar-refractivity contribution in [2.45, 2.75) is 6.42 Å². The van der Waals surface area contributed by atoms with Crippen LogP contribution in [0.1, 0.15) is 26.3 Å². The van der Waals surface area contributed by atoms with E-state index in [-0.39, 0.29) is 21.9 Å². The highest BCUT2D eigenvalue weighted by atomic mass is 35.5. The van der Waals surface area contributed by atoms with Gasteiger partial charge in [-0.2, -0.15) is 0 Å². The van der Waals surface area contributed by atoms with Crippen molar-refractivity contribution in [3.63, 3.8) is 0 Å². The second-order valence-electron chi connectivity index (χ2n) is 5.90. The quantitative estimate of drug-likeness (QED) is 0.818. The van der Waals surface area contributed by atoms with Crippen molar-refractivity contribution >= 4 is 45.8 Å². The van der Waals surface area contributed by atoms with Crippen LogP contribution in [0.3, 0.4) is 0 Å². The molecule has 26 heavy (non-hydrogen) atoms. The van der Waals surface area contributed by atoms with Gasteiger partial charge in [0.1, 0.15) is 10.7 Å². The van der Waals surface area contributed by atoms with E-state index in [1.165, 1.54) is 4.31 Å². The minimum atomic E-state index is -2.44. The summed E-state index contributed by atoms with van der Waals surface area (Å²) in [5, 5.41) is 2.69. The molecule has 4 rings (SSSR count). The Morgan fingerprint density at radius 1 is 1.04 bits per heavy atom. The third kappa shape index (κ3) is 2.56. The Bertz CT molecular complexity index is 1020. The van der Waals surface area contributed by atoms with Gasteiger partial charge in [-0.3, -0.25) is 18.1 Å². The van der Waals surface area contributed by atoms with Crippen LogP contribution in [0, 0.1) is 0 Å². The van der Waals surface area contributed by atoms with E-state index in [1.807, 2.05) is 6.07 Å². The smallest absolute Gasteiger partial charge is 0.211 e. The van der Waals surface area contributed by atoms with Gasteiger partial charge >= 0.3 is 0 Å². The summed E-state index contributed by atoms with van der Waals surface area (Å²) in [7, 11) is 0. The van der Waals surface area contributed by atoms with Crippen LogP contribution in [0.5, 0.6) is 0 Å². The molecule has 2 aromatic rings. The number of nitrogens with zero attached hydrogens (tertiary/aromatic N) is 1. The first-order valence-electron chi connectivity index (χ1n) is 7.83. The minimum absolute atomic E-state index is 0.0488. The van der Waals surface area contributed by atoms with Crippen LogP contribution in [-0.2, 0) is 17.7 Å². The average molecular weight is 388 g/mol. The van der Waals surface area contributed by atoms with Crippen molar-refractivity contribution in [1.29, 1.82) is 0 Å². The summed E-state index contributed by atoms with van der Waals surface area (Å²) in [4.78, 5) is 25.3. The summed E-state index contributed by atoms with van der Waals surface area (Å²) in [6.07, 6.45) is 0.571. The van der Waals surface area contributed by atoms with E-state index in [4.69, 9.17) is 11.6 Å². The molecule has 132 valence electrons. The monoisotopic (exact) mass is 387 g/mol. The highest BCUT2D eigenvalue weighted by molar-refractivity contribution is 7.80. The molecule has 2 aliphatic rings. The van der Waals surface area contributed by atoms with Crippen LogP contribution in [0.2, 0.25) is 0 Å². The number of hydrogen-bond donors (Lipinski definition) is 1. The molecule has 0 saturated carbocycles. The molecule has 1 unspecified atom stereocenters. The fourth-order valence-corrected chi connectivity index (χ4v) is 4.10. The first-order chi connectivity index (χ1) is 12.5. The van der Waals surface area contributed by atoms with Gasteiger partial charge in [-0.1, -0.05) is 48.0 Å². The summed E-state index contributed by atoms with van der Waals surface area (Å²) in [5.41, 5.74) is 2.20. The molecule has 2 aromatic carbocycles. The normalized spacial score (nSPS) is 17.2. The molecule has 0 radical (unpaired) electrons. The summed E-state index contributed by atoms with van der Waals surface area (Å²) >= 11 is 3.73. The molecule has 0 saturated heterocycles. The number of allylic oxidation sites excluding steroid dienone is 2. The van der Waals surface area contributed by atoms with Crippen LogP contribution >= 0.6 is 11.6 Å². The molecule has 1 atom stereocenters. The third-order valence-corrected chi connectivity index (χ3v) is 5.54. The number of carbonyl (C=O) groups excluding carboxylic acids is 2. The number of Topliss-reactive ketones (excluding diaryl/α,β-unsaturated/α-hetero) is 2. The number of nitrogens with one attached hydrogen (secondary N) is 1. The Balaban J connectivity index is 1.79. The zero-order valence-corrected chi connectivity index (χ0v) is 14.9. The number of carbonyl (C=O) groups is 2. The first-order valence-corrected chi connectivity index (χ1v) is 9.24. The lowest BCUT2D eigenvalue weighted by molar-refractivity contribution is 0.0982. The fraction of sp³-hybridized carbons (Fsp3) is 0.111. The number of halogens is 1. The van der Waals surface area contributed by atoms with Crippen LogP contribution in [0.15, 0.2) is 53.2 Å². The molecule has 6 nitrogen and oxygen atoms in total. The van der Waals surface area contributed by atoms with Crippen molar-refractivity contribution in [3.8, 4) is 0 Å². The lowest BCUT2D eigenvalue weighted by Gasteiger charge is -2.25. The van der Waals surface area contributed by atoms with Gasteiger partial charge in [-0.15, -0.1) is 0 Å².